The first-order chi connectivity index (χ1) is 9.53. The molecule has 0 atom stereocenters. The van der Waals surface area contributed by atoms with E-state index in [0.29, 0.717) is 23.3 Å². The molecule has 2 rings (SSSR count). The van der Waals surface area contributed by atoms with E-state index < -0.39 is 10.0 Å². The van der Waals surface area contributed by atoms with Gasteiger partial charge in [-0.1, -0.05) is 18.0 Å². The summed E-state index contributed by atoms with van der Waals surface area (Å²) in [6.45, 7) is 0.954. The van der Waals surface area contributed by atoms with E-state index in [9.17, 15) is 8.42 Å². The van der Waals surface area contributed by atoms with Crippen molar-refractivity contribution in [2.75, 3.05) is 19.7 Å². The number of halogens is 2. The molecule has 0 heterocycles. The summed E-state index contributed by atoms with van der Waals surface area (Å²) in [5.41, 5.74) is 5.32. The van der Waals surface area contributed by atoms with Gasteiger partial charge in [-0.05, 0) is 37.0 Å². The van der Waals surface area contributed by atoms with Crippen LogP contribution in [-0.4, -0.2) is 28.1 Å². The van der Waals surface area contributed by atoms with E-state index in [-0.39, 0.29) is 30.4 Å². The SMILES string of the molecule is Cl.NCCNS(=O)(=O)c1cc(Cl)ccc1OCC1CCC1. The monoisotopic (exact) mass is 354 g/mol. The maximum atomic E-state index is 12.2. The highest BCUT2D eigenvalue weighted by atomic mass is 35.5. The van der Waals surface area contributed by atoms with Crippen LogP contribution in [0.5, 0.6) is 5.75 Å². The summed E-state index contributed by atoms with van der Waals surface area (Å²) in [6, 6.07) is 4.62. The van der Waals surface area contributed by atoms with Crippen LogP contribution < -0.4 is 15.2 Å². The fraction of sp³-hybridized carbons (Fsp3) is 0.538. The van der Waals surface area contributed by atoms with Gasteiger partial charge in [0.2, 0.25) is 10.0 Å². The molecule has 0 amide bonds. The van der Waals surface area contributed by atoms with Gasteiger partial charge < -0.3 is 10.5 Å². The van der Waals surface area contributed by atoms with Crippen LogP contribution in [0.1, 0.15) is 19.3 Å². The first kappa shape index (κ1) is 18.5. The Kier molecular flexibility index (Phi) is 7.23. The number of benzene rings is 1. The van der Waals surface area contributed by atoms with Crippen molar-refractivity contribution in [2.45, 2.75) is 24.2 Å². The van der Waals surface area contributed by atoms with Crippen LogP contribution in [0.3, 0.4) is 0 Å². The molecule has 21 heavy (non-hydrogen) atoms. The van der Waals surface area contributed by atoms with Gasteiger partial charge in [0.15, 0.2) is 0 Å². The molecule has 3 N–H and O–H groups in total. The second kappa shape index (κ2) is 8.19. The Morgan fingerprint density at radius 3 is 2.67 bits per heavy atom. The molecule has 0 aromatic heterocycles. The number of sulfonamides is 1. The molecular formula is C13H20Cl2N2O3S. The predicted octanol–water partition coefficient (Wildman–Crippen LogP) is 2.18. The lowest BCUT2D eigenvalue weighted by molar-refractivity contribution is 0.177. The number of hydrogen-bond acceptors (Lipinski definition) is 4. The van der Waals surface area contributed by atoms with Crippen molar-refractivity contribution in [3.63, 3.8) is 0 Å². The second-order valence-corrected chi connectivity index (χ2v) is 7.06. The molecule has 0 aliphatic heterocycles. The Balaban J connectivity index is 0.00000220. The smallest absolute Gasteiger partial charge is 0.244 e. The molecule has 1 saturated carbocycles. The fourth-order valence-corrected chi connectivity index (χ4v) is 3.40. The van der Waals surface area contributed by atoms with E-state index in [1.807, 2.05) is 0 Å². The lowest BCUT2D eigenvalue weighted by Gasteiger charge is -2.25. The third kappa shape index (κ3) is 5.00. The molecule has 0 spiro atoms. The topological polar surface area (TPSA) is 81.4 Å². The Hall–Kier alpha value is -0.530. The second-order valence-electron chi connectivity index (χ2n) is 4.89. The van der Waals surface area contributed by atoms with E-state index >= 15 is 0 Å². The van der Waals surface area contributed by atoms with Gasteiger partial charge in [0.25, 0.3) is 0 Å². The van der Waals surface area contributed by atoms with E-state index in [4.69, 9.17) is 22.1 Å². The van der Waals surface area contributed by atoms with Crippen molar-refractivity contribution in [1.82, 2.24) is 4.72 Å². The molecule has 0 bridgehead atoms. The summed E-state index contributed by atoms with van der Waals surface area (Å²) in [5, 5.41) is 0.356. The zero-order valence-electron chi connectivity index (χ0n) is 11.5. The summed E-state index contributed by atoms with van der Waals surface area (Å²) < 4.78 is 32.4. The van der Waals surface area contributed by atoms with Gasteiger partial charge in [-0.15, -0.1) is 12.4 Å². The van der Waals surface area contributed by atoms with Crippen LogP contribution in [0, 0.1) is 5.92 Å². The van der Waals surface area contributed by atoms with Crippen LogP contribution in [0.2, 0.25) is 5.02 Å². The van der Waals surface area contributed by atoms with Gasteiger partial charge in [0.1, 0.15) is 10.6 Å². The van der Waals surface area contributed by atoms with Crippen molar-refractivity contribution in [1.29, 1.82) is 0 Å². The van der Waals surface area contributed by atoms with Crippen molar-refractivity contribution in [2.24, 2.45) is 11.7 Å². The van der Waals surface area contributed by atoms with Gasteiger partial charge in [-0.2, -0.15) is 0 Å². The van der Waals surface area contributed by atoms with Crippen molar-refractivity contribution in [3.05, 3.63) is 23.2 Å². The molecule has 5 nitrogen and oxygen atoms in total. The summed E-state index contributed by atoms with van der Waals surface area (Å²) in [7, 11) is -3.65. The number of rotatable bonds is 7. The van der Waals surface area contributed by atoms with Crippen LogP contribution in [0.25, 0.3) is 0 Å². The van der Waals surface area contributed by atoms with E-state index in [2.05, 4.69) is 4.72 Å². The number of nitrogens with two attached hydrogens (primary N) is 1. The van der Waals surface area contributed by atoms with Gasteiger partial charge in [0, 0.05) is 18.1 Å². The van der Waals surface area contributed by atoms with Crippen LogP contribution >= 0.6 is 24.0 Å². The molecule has 1 aromatic rings. The van der Waals surface area contributed by atoms with Crippen LogP contribution in [0.4, 0.5) is 0 Å². The summed E-state index contributed by atoms with van der Waals surface area (Å²) in [6.07, 6.45) is 3.50. The Bertz CT molecular complexity index is 563. The molecule has 1 aliphatic rings. The molecule has 0 radical (unpaired) electrons. The van der Waals surface area contributed by atoms with E-state index in [0.717, 1.165) is 12.8 Å². The van der Waals surface area contributed by atoms with Gasteiger partial charge in [-0.3, -0.25) is 0 Å². The number of hydrogen-bond donors (Lipinski definition) is 2. The minimum atomic E-state index is -3.65. The minimum absolute atomic E-state index is 0. The van der Waals surface area contributed by atoms with Crippen molar-refractivity contribution < 1.29 is 13.2 Å². The maximum absolute atomic E-state index is 12.2. The van der Waals surface area contributed by atoms with Crippen LogP contribution in [0.15, 0.2) is 23.1 Å². The predicted molar refractivity (Wildman–Crippen MR) is 85.8 cm³/mol. The molecular weight excluding hydrogens is 335 g/mol. The molecule has 1 aromatic carbocycles. The first-order valence-corrected chi connectivity index (χ1v) is 8.51. The Morgan fingerprint density at radius 1 is 1.38 bits per heavy atom. The highest BCUT2D eigenvalue weighted by molar-refractivity contribution is 7.89. The maximum Gasteiger partial charge on any atom is 0.244 e. The third-order valence-corrected chi connectivity index (χ3v) is 5.05. The summed E-state index contributed by atoms with van der Waals surface area (Å²) >= 11 is 5.89. The van der Waals surface area contributed by atoms with E-state index in [1.54, 1.807) is 12.1 Å². The molecule has 120 valence electrons. The van der Waals surface area contributed by atoms with Crippen molar-refractivity contribution >= 4 is 34.0 Å². The summed E-state index contributed by atoms with van der Waals surface area (Å²) in [5.74, 6) is 0.865. The normalized spacial score (nSPS) is 15.1. The van der Waals surface area contributed by atoms with Gasteiger partial charge >= 0.3 is 0 Å². The first-order valence-electron chi connectivity index (χ1n) is 6.65. The summed E-state index contributed by atoms with van der Waals surface area (Å²) in [4.78, 5) is 0.0674. The molecule has 8 heteroatoms. The number of nitrogens with one attached hydrogen (secondary N) is 1. The lowest BCUT2D eigenvalue weighted by Crippen LogP contribution is -2.29. The lowest BCUT2D eigenvalue weighted by atomic mass is 9.86. The standard InChI is InChI=1S/C13H19ClN2O3S.ClH/c14-11-4-5-12(19-9-10-2-1-3-10)13(8-11)20(17,18)16-7-6-15;/h4-5,8,10,16H,1-3,6-7,9,15H2;1H. The molecule has 0 saturated heterocycles. The zero-order valence-corrected chi connectivity index (χ0v) is 13.9. The molecule has 1 fully saturated rings. The quantitative estimate of drug-likeness (QED) is 0.786. The Morgan fingerprint density at radius 2 is 2.10 bits per heavy atom. The number of ether oxygens (including phenoxy) is 1. The van der Waals surface area contributed by atoms with E-state index in [1.165, 1.54) is 12.5 Å². The molecule has 1 aliphatic carbocycles. The Labute approximate surface area is 136 Å². The van der Waals surface area contributed by atoms with Crippen molar-refractivity contribution in [3.8, 4) is 5.75 Å². The third-order valence-electron chi connectivity index (χ3n) is 3.33. The van der Waals surface area contributed by atoms with Crippen LogP contribution in [-0.2, 0) is 10.0 Å². The fourth-order valence-electron chi connectivity index (χ4n) is 1.95. The highest BCUT2D eigenvalue weighted by Gasteiger charge is 2.22. The zero-order chi connectivity index (χ0) is 14.6. The highest BCUT2D eigenvalue weighted by Crippen LogP contribution is 2.31. The average molecular weight is 355 g/mol. The van der Waals surface area contributed by atoms with Gasteiger partial charge in [0.05, 0.1) is 6.61 Å². The average Bonchev–Trinajstić information content (AvgIpc) is 2.36. The minimum Gasteiger partial charge on any atom is -0.492 e. The van der Waals surface area contributed by atoms with Gasteiger partial charge in [-0.25, -0.2) is 13.1 Å². The largest absolute Gasteiger partial charge is 0.492 e. The molecule has 0 unspecified atom stereocenters.